The van der Waals surface area contributed by atoms with E-state index in [0.717, 1.165) is 0 Å². The molecule has 92 valence electrons. The van der Waals surface area contributed by atoms with Crippen LogP contribution < -0.4 is 0 Å². The molecule has 0 aromatic carbocycles. The lowest BCUT2D eigenvalue weighted by Gasteiger charge is -1.56. The molecule has 0 N–H and O–H groups in total. The number of rotatable bonds is 2. The highest BCUT2D eigenvalue weighted by atomic mass is 13.5. The van der Waals surface area contributed by atoms with Gasteiger partial charge in [0.15, 0.2) is 0 Å². The maximum atomic E-state index is 3.46. The van der Waals surface area contributed by atoms with Crippen molar-refractivity contribution in [3.05, 3.63) is 49.6 Å². The lowest BCUT2D eigenvalue weighted by atomic mass is 10.5. The maximum absolute atomic E-state index is 3.46. The van der Waals surface area contributed by atoms with Gasteiger partial charge in [0.1, 0.15) is 0 Å². The van der Waals surface area contributed by atoms with Crippen LogP contribution in [0.2, 0.25) is 0 Å². The van der Waals surface area contributed by atoms with Gasteiger partial charge in [0.05, 0.1) is 0 Å². The van der Waals surface area contributed by atoms with Crippen molar-refractivity contribution < 1.29 is 0 Å². The van der Waals surface area contributed by atoms with E-state index in [1.165, 1.54) is 0 Å². The van der Waals surface area contributed by atoms with Crippen molar-refractivity contribution in [2.75, 3.05) is 0 Å². The molecule has 0 saturated carbocycles. The molecule has 0 spiro atoms. The molecule has 0 aromatic heterocycles. The normalized spacial score (nSPS) is 6.80. The van der Waals surface area contributed by atoms with E-state index in [1.807, 2.05) is 65.8 Å². The zero-order valence-electron chi connectivity index (χ0n) is 10.9. The van der Waals surface area contributed by atoms with Gasteiger partial charge in [-0.1, -0.05) is 84.7 Å². The van der Waals surface area contributed by atoms with E-state index in [9.17, 15) is 0 Å². The van der Waals surface area contributed by atoms with Gasteiger partial charge in [0, 0.05) is 0 Å². The van der Waals surface area contributed by atoms with Crippen LogP contribution in [0, 0.1) is 0 Å². The third-order valence-corrected chi connectivity index (χ3v) is 0.657. The Morgan fingerprint density at radius 3 is 0.867 bits per heavy atom. The van der Waals surface area contributed by atoms with Gasteiger partial charge < -0.3 is 0 Å². The molecule has 0 bridgehead atoms. The van der Waals surface area contributed by atoms with Crippen molar-refractivity contribution in [1.29, 1.82) is 0 Å². The summed E-state index contributed by atoms with van der Waals surface area (Å²) in [7, 11) is 0. The van der Waals surface area contributed by atoms with E-state index in [4.69, 9.17) is 0 Å². The molecule has 0 atom stereocenters. The lowest BCUT2D eigenvalue weighted by Crippen LogP contribution is -1.33. The molecule has 0 fully saturated rings. The summed E-state index contributed by atoms with van der Waals surface area (Å²) in [6.07, 6.45) is 11.2. The van der Waals surface area contributed by atoms with Crippen LogP contribution in [-0.2, 0) is 0 Å². The number of hydrogen-bond acceptors (Lipinski definition) is 0. The van der Waals surface area contributed by atoms with Gasteiger partial charge in [-0.15, -0.1) is 0 Å². The Balaban J connectivity index is -0.0000000318. The average Bonchev–Trinajstić information content (AvgIpc) is 2.27. The van der Waals surface area contributed by atoms with Gasteiger partial charge in [-0.3, -0.25) is 0 Å². The van der Waals surface area contributed by atoms with Gasteiger partial charge in [0.25, 0.3) is 0 Å². The van der Waals surface area contributed by atoms with Crippen LogP contribution in [0.25, 0.3) is 0 Å². The monoisotopic (exact) mass is 212 g/mol. The van der Waals surface area contributed by atoms with Crippen LogP contribution in [0.5, 0.6) is 0 Å². The third-order valence-electron chi connectivity index (χ3n) is 0.657. The molecule has 0 radical (unpaired) electrons. The Bertz CT molecular complexity index is 100. The minimum atomic E-state index is 0. The fourth-order valence-corrected chi connectivity index (χ4v) is 0.272. The largest absolute Gasteiger partial charge is 0.0991 e. The summed E-state index contributed by atoms with van der Waals surface area (Å²) in [5, 5.41) is 0. The second-order valence-electron chi connectivity index (χ2n) is 1.52. The highest BCUT2D eigenvalue weighted by molar-refractivity contribution is 4.94. The SMILES string of the molecule is C.C=C/C=C\C.C=C/C=C\C.CC.CC. The molecule has 0 aromatic rings. The Kier molecular flexibility index (Phi) is 147. The minimum absolute atomic E-state index is 0. The molecule has 0 heteroatoms. The van der Waals surface area contributed by atoms with Crippen LogP contribution in [0.15, 0.2) is 49.6 Å². The molecule has 0 saturated heterocycles. The van der Waals surface area contributed by atoms with Crippen molar-refractivity contribution in [3.63, 3.8) is 0 Å². The van der Waals surface area contributed by atoms with E-state index in [0.29, 0.717) is 0 Å². The quantitative estimate of drug-likeness (QED) is 0.479. The van der Waals surface area contributed by atoms with Crippen LogP contribution >= 0.6 is 0 Å². The predicted octanol–water partition coefficient (Wildman–Crippen LogP) is 6.19. The van der Waals surface area contributed by atoms with Crippen molar-refractivity contribution in [3.8, 4) is 0 Å². The minimum Gasteiger partial charge on any atom is -0.0991 e. The second kappa shape index (κ2) is 75.4. The highest BCUT2D eigenvalue weighted by Gasteiger charge is 1.42. The smallest absolute Gasteiger partial charge is 0.0467 e. The lowest BCUT2D eigenvalue weighted by molar-refractivity contribution is 1.50. The molecule has 0 aliphatic carbocycles. The van der Waals surface area contributed by atoms with E-state index >= 15 is 0 Å². The standard InChI is InChI=1S/2C5H8.2C2H6.CH4/c2*1-3-5-4-2;2*1-2;/h2*3-5H,1H2,2H3;2*1-2H3;1H4/b2*5-4-;;;. The Labute approximate surface area is 99.1 Å². The van der Waals surface area contributed by atoms with Gasteiger partial charge in [-0.05, 0) is 13.8 Å². The second-order valence-corrected chi connectivity index (χ2v) is 1.52. The van der Waals surface area contributed by atoms with Crippen LogP contribution in [0.3, 0.4) is 0 Å². The predicted molar refractivity (Wildman–Crippen MR) is 79.4 cm³/mol. The zero-order valence-corrected chi connectivity index (χ0v) is 10.9. The van der Waals surface area contributed by atoms with Crippen molar-refractivity contribution in [2.45, 2.75) is 49.0 Å². The number of allylic oxidation sites excluding steroid dienone is 6. The Morgan fingerprint density at radius 2 is 0.867 bits per heavy atom. The van der Waals surface area contributed by atoms with E-state index in [-0.39, 0.29) is 7.43 Å². The molecule has 0 aliphatic rings. The third kappa shape index (κ3) is 178. The summed E-state index contributed by atoms with van der Waals surface area (Å²) in [6.45, 7) is 18.8. The maximum Gasteiger partial charge on any atom is -0.0467 e. The summed E-state index contributed by atoms with van der Waals surface area (Å²) in [5.41, 5.74) is 0. The van der Waals surface area contributed by atoms with Gasteiger partial charge >= 0.3 is 0 Å². The summed E-state index contributed by atoms with van der Waals surface area (Å²) < 4.78 is 0. The van der Waals surface area contributed by atoms with Crippen LogP contribution in [0.4, 0.5) is 0 Å². The first kappa shape index (κ1) is 29.2. The molecule has 0 nitrogen and oxygen atoms in total. The molecule has 0 unspecified atom stereocenters. The van der Waals surface area contributed by atoms with E-state index in [1.54, 1.807) is 12.2 Å². The molecule has 15 heavy (non-hydrogen) atoms. The topological polar surface area (TPSA) is 0 Å². The molecular weight excluding hydrogens is 180 g/mol. The first-order valence-electron chi connectivity index (χ1n) is 5.30. The van der Waals surface area contributed by atoms with Crippen LogP contribution in [0.1, 0.15) is 49.0 Å². The zero-order chi connectivity index (χ0) is 12.2. The fraction of sp³-hybridized carbons (Fsp3) is 0.467. The summed E-state index contributed by atoms with van der Waals surface area (Å²) in [6, 6.07) is 0. The first-order chi connectivity index (χ1) is 6.83. The molecule has 0 amide bonds. The Hall–Kier alpha value is -1.04. The Morgan fingerprint density at radius 1 is 0.667 bits per heavy atom. The van der Waals surface area contributed by atoms with Gasteiger partial charge in [0.2, 0.25) is 0 Å². The van der Waals surface area contributed by atoms with E-state index in [2.05, 4.69) is 13.2 Å². The first-order valence-corrected chi connectivity index (χ1v) is 5.30. The molecule has 0 rings (SSSR count). The van der Waals surface area contributed by atoms with Crippen molar-refractivity contribution >= 4 is 0 Å². The highest BCUT2D eigenvalue weighted by Crippen LogP contribution is 1.65. The van der Waals surface area contributed by atoms with E-state index < -0.39 is 0 Å². The summed E-state index contributed by atoms with van der Waals surface area (Å²) >= 11 is 0. The van der Waals surface area contributed by atoms with Crippen molar-refractivity contribution in [2.24, 2.45) is 0 Å². The number of hydrogen-bond donors (Lipinski definition) is 0. The van der Waals surface area contributed by atoms with Crippen molar-refractivity contribution in [1.82, 2.24) is 0 Å². The summed E-state index contributed by atoms with van der Waals surface area (Å²) in [5.74, 6) is 0. The van der Waals surface area contributed by atoms with Gasteiger partial charge in [-0.2, -0.15) is 0 Å². The molecule has 0 aliphatic heterocycles. The van der Waals surface area contributed by atoms with Crippen LogP contribution in [-0.4, -0.2) is 0 Å². The van der Waals surface area contributed by atoms with Gasteiger partial charge in [-0.25, -0.2) is 0 Å². The molecule has 0 heterocycles. The summed E-state index contributed by atoms with van der Waals surface area (Å²) in [4.78, 5) is 0. The fourth-order valence-electron chi connectivity index (χ4n) is 0.272. The average molecular weight is 212 g/mol. The molecular formula is C15H32.